The summed E-state index contributed by atoms with van der Waals surface area (Å²) >= 11 is 12.7. The van der Waals surface area contributed by atoms with Crippen LogP contribution in [-0.4, -0.2) is 42.2 Å². The molecular formula is C24H27Cl2NO4. The Hall–Kier alpha value is -1.95. The summed E-state index contributed by atoms with van der Waals surface area (Å²) in [5, 5.41) is 10.4. The number of likely N-dealkylation sites (tertiary alicyclic amines) is 1. The highest BCUT2D eigenvalue weighted by Crippen LogP contribution is 2.46. The van der Waals surface area contributed by atoms with E-state index in [1.807, 2.05) is 31.2 Å². The van der Waals surface area contributed by atoms with Crippen LogP contribution in [-0.2, 0) is 16.8 Å². The molecule has 7 heteroatoms. The monoisotopic (exact) mass is 463 g/mol. The molecule has 2 aromatic carbocycles. The van der Waals surface area contributed by atoms with Crippen LogP contribution in [0.3, 0.4) is 0 Å². The summed E-state index contributed by atoms with van der Waals surface area (Å²) in [5.41, 5.74) is 3.01. The zero-order valence-corrected chi connectivity index (χ0v) is 19.3. The molecule has 4 rings (SSSR count). The highest BCUT2D eigenvalue weighted by molar-refractivity contribution is 6.36. The number of ether oxygens (including phenoxy) is 2. The van der Waals surface area contributed by atoms with E-state index in [4.69, 9.17) is 37.8 Å². The van der Waals surface area contributed by atoms with Crippen LogP contribution in [0.4, 0.5) is 0 Å². The topological polar surface area (TPSA) is 59.0 Å². The fourth-order valence-corrected chi connectivity index (χ4v) is 5.21. The number of aliphatic carboxylic acids is 1. The number of fused-ring (bicyclic) bond motifs is 2. The summed E-state index contributed by atoms with van der Waals surface area (Å²) < 4.78 is 12.0. The second-order valence-corrected chi connectivity index (χ2v) is 9.58. The smallest absolute Gasteiger partial charge is 0.307 e. The van der Waals surface area contributed by atoms with Gasteiger partial charge < -0.3 is 19.5 Å². The van der Waals surface area contributed by atoms with E-state index in [2.05, 4.69) is 11.0 Å². The van der Waals surface area contributed by atoms with E-state index in [0.717, 1.165) is 48.6 Å². The van der Waals surface area contributed by atoms with Crippen molar-refractivity contribution in [2.75, 3.05) is 26.2 Å². The predicted octanol–water partition coefficient (Wildman–Crippen LogP) is 5.33. The van der Waals surface area contributed by atoms with Crippen LogP contribution in [0.15, 0.2) is 30.3 Å². The Labute approximate surface area is 192 Å². The van der Waals surface area contributed by atoms with Crippen LogP contribution >= 0.6 is 23.2 Å². The van der Waals surface area contributed by atoms with Gasteiger partial charge >= 0.3 is 5.97 Å². The van der Waals surface area contributed by atoms with Crippen LogP contribution in [0.1, 0.15) is 36.5 Å². The largest absolute Gasteiger partial charge is 0.492 e. The maximum atomic E-state index is 11.1. The average Bonchev–Trinajstić information content (AvgIpc) is 3.06. The number of nitrogens with zero attached hydrogens (tertiary/aromatic N) is 1. The van der Waals surface area contributed by atoms with E-state index in [9.17, 15) is 4.79 Å². The maximum absolute atomic E-state index is 11.1. The first-order chi connectivity index (χ1) is 14.8. The van der Waals surface area contributed by atoms with Gasteiger partial charge in [-0.2, -0.15) is 0 Å². The van der Waals surface area contributed by atoms with Crippen molar-refractivity contribution in [2.45, 2.75) is 38.7 Å². The first-order valence-corrected chi connectivity index (χ1v) is 11.3. The van der Waals surface area contributed by atoms with Crippen molar-refractivity contribution in [3.8, 4) is 11.5 Å². The number of rotatable bonds is 6. The lowest BCUT2D eigenvalue weighted by Gasteiger charge is -2.39. The minimum atomic E-state index is -0.740. The molecule has 1 N–H and O–H groups in total. The Morgan fingerprint density at radius 2 is 1.90 bits per heavy atom. The molecule has 166 valence electrons. The van der Waals surface area contributed by atoms with Crippen molar-refractivity contribution in [3.63, 3.8) is 0 Å². The minimum absolute atomic E-state index is 0.000395. The third kappa shape index (κ3) is 4.64. The van der Waals surface area contributed by atoms with Crippen LogP contribution in [0, 0.1) is 12.8 Å². The van der Waals surface area contributed by atoms with Gasteiger partial charge in [0, 0.05) is 39.2 Å². The molecule has 0 amide bonds. The van der Waals surface area contributed by atoms with Crippen molar-refractivity contribution >= 4 is 29.2 Å². The van der Waals surface area contributed by atoms with Crippen molar-refractivity contribution in [3.05, 3.63) is 57.1 Å². The molecular weight excluding hydrogens is 437 g/mol. The van der Waals surface area contributed by atoms with Crippen molar-refractivity contribution < 1.29 is 19.4 Å². The van der Waals surface area contributed by atoms with Gasteiger partial charge in [-0.15, -0.1) is 0 Å². The molecule has 1 spiro atoms. The van der Waals surface area contributed by atoms with Gasteiger partial charge in [0.15, 0.2) is 0 Å². The minimum Gasteiger partial charge on any atom is -0.492 e. The van der Waals surface area contributed by atoms with Crippen molar-refractivity contribution in [1.82, 2.24) is 4.90 Å². The van der Waals surface area contributed by atoms with Gasteiger partial charge in [0.25, 0.3) is 0 Å². The number of benzene rings is 2. The number of hydrogen-bond acceptors (Lipinski definition) is 4. The summed E-state index contributed by atoms with van der Waals surface area (Å²) in [4.78, 5) is 13.4. The summed E-state index contributed by atoms with van der Waals surface area (Å²) in [6.07, 6.45) is 1.92. The number of aryl methyl sites for hydroxylation is 1. The normalized spacial score (nSPS) is 18.5. The first kappa shape index (κ1) is 22.3. The van der Waals surface area contributed by atoms with Gasteiger partial charge in [-0.1, -0.05) is 36.2 Å². The Morgan fingerprint density at radius 3 is 2.55 bits per heavy atom. The van der Waals surface area contributed by atoms with E-state index < -0.39 is 5.97 Å². The molecule has 1 atom stereocenters. The molecule has 1 unspecified atom stereocenters. The van der Waals surface area contributed by atoms with Crippen LogP contribution in [0.25, 0.3) is 0 Å². The zero-order chi connectivity index (χ0) is 22.2. The molecule has 0 aliphatic carbocycles. The standard InChI is InChI=1S/C24H27Cl2NO4/c1-15-9-20(25)18(21(26)10-15)13-30-17-3-4-19-22(11-17)31-14-24(19)5-7-27(8-6-24)12-16(2)23(28)29/h3-4,9-11,16H,5-8,12-14H2,1-2H3,(H,28,29). The molecule has 1 fully saturated rings. The molecule has 0 bridgehead atoms. The average molecular weight is 464 g/mol. The van der Waals surface area contributed by atoms with Gasteiger partial charge in [0.1, 0.15) is 18.1 Å². The number of carboxylic acid groups (broad SMARTS) is 1. The Kier molecular flexibility index (Phi) is 6.38. The Morgan fingerprint density at radius 1 is 1.23 bits per heavy atom. The summed E-state index contributed by atoms with van der Waals surface area (Å²) in [5.74, 6) is 0.495. The lowest BCUT2D eigenvalue weighted by Crippen LogP contribution is -2.45. The number of carbonyl (C=O) groups is 1. The number of halogens is 2. The highest BCUT2D eigenvalue weighted by atomic mass is 35.5. The lowest BCUT2D eigenvalue weighted by atomic mass is 9.74. The second-order valence-electron chi connectivity index (χ2n) is 8.76. The molecule has 5 nitrogen and oxygen atoms in total. The third-order valence-electron chi connectivity index (χ3n) is 6.46. The Balaban J connectivity index is 1.41. The number of carboxylic acids is 1. The molecule has 1 saturated heterocycles. The van der Waals surface area contributed by atoms with E-state index in [1.54, 1.807) is 6.92 Å². The van der Waals surface area contributed by atoms with E-state index in [0.29, 0.717) is 29.8 Å². The van der Waals surface area contributed by atoms with E-state index >= 15 is 0 Å². The van der Waals surface area contributed by atoms with Gasteiger partial charge in [0.05, 0.1) is 12.5 Å². The van der Waals surface area contributed by atoms with Gasteiger partial charge in [-0.05, 0) is 56.6 Å². The van der Waals surface area contributed by atoms with E-state index in [-0.39, 0.29) is 11.3 Å². The van der Waals surface area contributed by atoms with Gasteiger partial charge in [0.2, 0.25) is 0 Å². The van der Waals surface area contributed by atoms with Crippen LogP contribution < -0.4 is 9.47 Å². The van der Waals surface area contributed by atoms with Crippen molar-refractivity contribution in [2.24, 2.45) is 5.92 Å². The molecule has 2 aliphatic heterocycles. The summed E-state index contributed by atoms with van der Waals surface area (Å²) in [6, 6.07) is 9.78. The fraction of sp³-hybridized carbons (Fsp3) is 0.458. The van der Waals surface area contributed by atoms with Crippen LogP contribution in [0.5, 0.6) is 11.5 Å². The third-order valence-corrected chi connectivity index (χ3v) is 7.14. The van der Waals surface area contributed by atoms with Gasteiger partial charge in [-0.3, -0.25) is 4.79 Å². The first-order valence-electron chi connectivity index (χ1n) is 10.6. The lowest BCUT2D eigenvalue weighted by molar-refractivity contribution is -0.141. The molecule has 0 saturated carbocycles. The predicted molar refractivity (Wildman–Crippen MR) is 122 cm³/mol. The molecule has 2 heterocycles. The quantitative estimate of drug-likeness (QED) is 0.627. The zero-order valence-electron chi connectivity index (χ0n) is 17.8. The second kappa shape index (κ2) is 8.89. The number of hydrogen-bond donors (Lipinski definition) is 1. The summed E-state index contributed by atoms with van der Waals surface area (Å²) in [6.45, 7) is 7.01. The Bertz CT molecular complexity index is 963. The van der Waals surface area contributed by atoms with E-state index in [1.165, 1.54) is 5.56 Å². The number of piperidine rings is 1. The van der Waals surface area contributed by atoms with Crippen LogP contribution in [0.2, 0.25) is 10.0 Å². The van der Waals surface area contributed by atoms with Crippen molar-refractivity contribution in [1.29, 1.82) is 0 Å². The fourth-order valence-electron chi connectivity index (χ4n) is 4.51. The molecule has 0 radical (unpaired) electrons. The SMILES string of the molecule is Cc1cc(Cl)c(COc2ccc3c(c2)OCC32CCN(CC(C)C(=O)O)CC2)c(Cl)c1. The van der Waals surface area contributed by atoms with Gasteiger partial charge in [-0.25, -0.2) is 0 Å². The maximum Gasteiger partial charge on any atom is 0.307 e. The highest BCUT2D eigenvalue weighted by Gasteiger charge is 2.43. The molecule has 0 aromatic heterocycles. The molecule has 31 heavy (non-hydrogen) atoms. The molecule has 2 aliphatic rings. The summed E-state index contributed by atoms with van der Waals surface area (Å²) in [7, 11) is 0. The molecule has 2 aromatic rings.